The molecule has 0 radical (unpaired) electrons. The Morgan fingerprint density at radius 1 is 1.69 bits per heavy atom. The molecule has 1 fully saturated rings. The first-order valence-corrected chi connectivity index (χ1v) is 4.75. The fourth-order valence-corrected chi connectivity index (χ4v) is 1.53. The molecule has 1 heterocycles. The third kappa shape index (κ3) is 3.32. The van der Waals surface area contributed by atoms with Gasteiger partial charge in [0, 0.05) is 18.6 Å². The SMILES string of the molecule is CNCC(=O)NC(C)C1CCOC1. The summed E-state index contributed by atoms with van der Waals surface area (Å²) in [6, 6.07) is 0.225. The summed E-state index contributed by atoms with van der Waals surface area (Å²) in [7, 11) is 1.77. The van der Waals surface area contributed by atoms with Crippen molar-refractivity contribution in [3.63, 3.8) is 0 Å². The third-order valence-corrected chi connectivity index (χ3v) is 2.40. The van der Waals surface area contributed by atoms with Gasteiger partial charge < -0.3 is 15.4 Å². The Labute approximate surface area is 79.0 Å². The molecule has 0 bridgehead atoms. The largest absolute Gasteiger partial charge is 0.381 e. The van der Waals surface area contributed by atoms with Crippen LogP contribution >= 0.6 is 0 Å². The smallest absolute Gasteiger partial charge is 0.234 e. The van der Waals surface area contributed by atoms with Gasteiger partial charge in [0.25, 0.3) is 0 Å². The van der Waals surface area contributed by atoms with Crippen LogP contribution in [0, 0.1) is 5.92 Å². The Balaban J connectivity index is 2.22. The van der Waals surface area contributed by atoms with Gasteiger partial charge in [0.05, 0.1) is 13.2 Å². The summed E-state index contributed by atoms with van der Waals surface area (Å²) in [4.78, 5) is 11.2. The van der Waals surface area contributed by atoms with Crippen molar-refractivity contribution in [2.24, 2.45) is 5.92 Å². The zero-order valence-corrected chi connectivity index (χ0v) is 8.30. The van der Waals surface area contributed by atoms with Gasteiger partial charge in [-0.15, -0.1) is 0 Å². The average Bonchev–Trinajstić information content (AvgIpc) is 2.55. The van der Waals surface area contributed by atoms with Gasteiger partial charge >= 0.3 is 0 Å². The molecule has 76 valence electrons. The molecule has 0 spiro atoms. The predicted octanol–water partition coefficient (Wildman–Crippen LogP) is -0.253. The highest BCUT2D eigenvalue weighted by atomic mass is 16.5. The second-order valence-electron chi connectivity index (χ2n) is 3.51. The molecule has 0 aromatic carbocycles. The van der Waals surface area contributed by atoms with E-state index in [4.69, 9.17) is 4.74 Å². The number of rotatable bonds is 4. The molecule has 13 heavy (non-hydrogen) atoms. The molecular weight excluding hydrogens is 168 g/mol. The molecule has 0 aromatic heterocycles. The Kier molecular flexibility index (Phi) is 4.18. The highest BCUT2D eigenvalue weighted by molar-refractivity contribution is 5.78. The van der Waals surface area contributed by atoms with Gasteiger partial charge in [-0.2, -0.15) is 0 Å². The van der Waals surface area contributed by atoms with Crippen LogP contribution in [0.3, 0.4) is 0 Å². The average molecular weight is 186 g/mol. The monoisotopic (exact) mass is 186 g/mol. The van der Waals surface area contributed by atoms with E-state index in [0.29, 0.717) is 12.5 Å². The summed E-state index contributed by atoms with van der Waals surface area (Å²) in [5.41, 5.74) is 0. The third-order valence-electron chi connectivity index (χ3n) is 2.40. The first-order valence-electron chi connectivity index (χ1n) is 4.75. The normalized spacial score (nSPS) is 24.3. The molecule has 0 aliphatic carbocycles. The lowest BCUT2D eigenvalue weighted by Crippen LogP contribution is -2.42. The minimum atomic E-state index is 0.0573. The summed E-state index contributed by atoms with van der Waals surface area (Å²) in [5, 5.41) is 5.76. The van der Waals surface area contributed by atoms with E-state index in [1.807, 2.05) is 6.92 Å². The van der Waals surface area contributed by atoms with Crippen LogP contribution in [0.25, 0.3) is 0 Å². The van der Waals surface area contributed by atoms with Crippen molar-refractivity contribution in [2.45, 2.75) is 19.4 Å². The molecule has 4 nitrogen and oxygen atoms in total. The Hall–Kier alpha value is -0.610. The van der Waals surface area contributed by atoms with Crippen molar-refractivity contribution in [1.82, 2.24) is 10.6 Å². The van der Waals surface area contributed by atoms with Crippen molar-refractivity contribution in [2.75, 3.05) is 26.8 Å². The van der Waals surface area contributed by atoms with Crippen LogP contribution in [-0.4, -0.2) is 38.8 Å². The van der Waals surface area contributed by atoms with Gasteiger partial charge in [-0.05, 0) is 20.4 Å². The fraction of sp³-hybridized carbons (Fsp3) is 0.889. The highest BCUT2D eigenvalue weighted by Gasteiger charge is 2.22. The van der Waals surface area contributed by atoms with E-state index in [2.05, 4.69) is 10.6 Å². The van der Waals surface area contributed by atoms with Gasteiger partial charge in [0.1, 0.15) is 0 Å². The van der Waals surface area contributed by atoms with Gasteiger partial charge in [-0.1, -0.05) is 0 Å². The quantitative estimate of drug-likeness (QED) is 0.636. The lowest BCUT2D eigenvalue weighted by atomic mass is 10.0. The highest BCUT2D eigenvalue weighted by Crippen LogP contribution is 2.15. The number of hydrogen-bond donors (Lipinski definition) is 2. The van der Waals surface area contributed by atoms with Crippen molar-refractivity contribution < 1.29 is 9.53 Å². The van der Waals surface area contributed by atoms with Crippen molar-refractivity contribution in [3.05, 3.63) is 0 Å². The zero-order chi connectivity index (χ0) is 9.68. The fourth-order valence-electron chi connectivity index (χ4n) is 1.53. The lowest BCUT2D eigenvalue weighted by Gasteiger charge is -2.18. The van der Waals surface area contributed by atoms with E-state index >= 15 is 0 Å². The number of nitrogens with one attached hydrogen (secondary N) is 2. The van der Waals surface area contributed by atoms with Crippen molar-refractivity contribution in [3.8, 4) is 0 Å². The second-order valence-corrected chi connectivity index (χ2v) is 3.51. The molecule has 2 atom stereocenters. The van der Waals surface area contributed by atoms with Crippen LogP contribution in [0.2, 0.25) is 0 Å². The van der Waals surface area contributed by atoms with Gasteiger partial charge in [-0.3, -0.25) is 4.79 Å². The maximum absolute atomic E-state index is 11.2. The number of likely N-dealkylation sites (N-methyl/N-ethyl adjacent to an activating group) is 1. The van der Waals surface area contributed by atoms with Gasteiger partial charge in [0.15, 0.2) is 0 Å². The van der Waals surface area contributed by atoms with Crippen LogP contribution in [0.1, 0.15) is 13.3 Å². The topological polar surface area (TPSA) is 50.4 Å². The molecule has 4 heteroatoms. The molecule has 0 saturated carbocycles. The minimum absolute atomic E-state index is 0.0573. The van der Waals surface area contributed by atoms with Crippen LogP contribution in [-0.2, 0) is 9.53 Å². The molecule has 1 aliphatic heterocycles. The second kappa shape index (κ2) is 5.19. The first kappa shape index (κ1) is 10.5. The molecular formula is C9H18N2O2. The van der Waals surface area contributed by atoms with E-state index < -0.39 is 0 Å². The standard InChI is InChI=1S/C9H18N2O2/c1-7(8-3-4-13-6-8)11-9(12)5-10-2/h7-8,10H,3-6H2,1-2H3,(H,11,12). The lowest BCUT2D eigenvalue weighted by molar-refractivity contribution is -0.121. The van der Waals surface area contributed by atoms with Crippen LogP contribution in [0.15, 0.2) is 0 Å². The summed E-state index contributed by atoms with van der Waals surface area (Å²) >= 11 is 0. The summed E-state index contributed by atoms with van der Waals surface area (Å²) in [6.45, 7) is 4.03. The molecule has 1 amide bonds. The zero-order valence-electron chi connectivity index (χ0n) is 8.30. The van der Waals surface area contributed by atoms with Gasteiger partial charge in [0.2, 0.25) is 5.91 Å². The summed E-state index contributed by atoms with van der Waals surface area (Å²) in [5.74, 6) is 0.544. The van der Waals surface area contributed by atoms with E-state index in [-0.39, 0.29) is 11.9 Å². The van der Waals surface area contributed by atoms with Crippen LogP contribution < -0.4 is 10.6 Å². The number of carbonyl (C=O) groups is 1. The Morgan fingerprint density at radius 3 is 3.00 bits per heavy atom. The Bertz CT molecular complexity index is 167. The first-order chi connectivity index (χ1) is 6.24. The summed E-state index contributed by atoms with van der Waals surface area (Å²) in [6.07, 6.45) is 1.06. The van der Waals surface area contributed by atoms with Crippen molar-refractivity contribution in [1.29, 1.82) is 0 Å². The number of hydrogen-bond acceptors (Lipinski definition) is 3. The molecule has 1 aliphatic rings. The maximum atomic E-state index is 11.2. The Morgan fingerprint density at radius 2 is 2.46 bits per heavy atom. The summed E-state index contributed by atoms with van der Waals surface area (Å²) < 4.78 is 5.25. The number of carbonyl (C=O) groups excluding carboxylic acids is 1. The van der Waals surface area contributed by atoms with Crippen LogP contribution in [0.5, 0.6) is 0 Å². The van der Waals surface area contributed by atoms with Crippen molar-refractivity contribution >= 4 is 5.91 Å². The molecule has 1 saturated heterocycles. The minimum Gasteiger partial charge on any atom is -0.381 e. The molecule has 0 aromatic rings. The van der Waals surface area contributed by atoms with E-state index in [9.17, 15) is 4.79 Å². The maximum Gasteiger partial charge on any atom is 0.234 e. The molecule has 1 rings (SSSR count). The van der Waals surface area contributed by atoms with E-state index in [1.54, 1.807) is 7.05 Å². The number of amides is 1. The van der Waals surface area contributed by atoms with Crippen LogP contribution in [0.4, 0.5) is 0 Å². The molecule has 2 N–H and O–H groups in total. The molecule has 2 unspecified atom stereocenters. The van der Waals surface area contributed by atoms with E-state index in [1.165, 1.54) is 0 Å². The van der Waals surface area contributed by atoms with E-state index in [0.717, 1.165) is 19.6 Å². The van der Waals surface area contributed by atoms with Gasteiger partial charge in [-0.25, -0.2) is 0 Å². The predicted molar refractivity (Wildman–Crippen MR) is 50.5 cm³/mol. The number of ether oxygens (including phenoxy) is 1.